The number of nitrogens with one attached hydrogen (secondary N) is 1. The van der Waals surface area contributed by atoms with E-state index in [1.165, 1.54) is 31.0 Å². The molecule has 0 unspecified atom stereocenters. The summed E-state index contributed by atoms with van der Waals surface area (Å²) in [5.74, 6) is -0.185. The van der Waals surface area contributed by atoms with E-state index in [2.05, 4.69) is 5.32 Å². The topological polar surface area (TPSA) is 105 Å². The van der Waals surface area contributed by atoms with Crippen LogP contribution in [0.15, 0.2) is 36.4 Å². The summed E-state index contributed by atoms with van der Waals surface area (Å²) in [7, 11) is -2.43. The van der Waals surface area contributed by atoms with E-state index in [-0.39, 0.29) is 12.2 Å². The molecule has 0 saturated heterocycles. The van der Waals surface area contributed by atoms with Crippen LogP contribution in [0.4, 0.5) is 5.69 Å². The molecule has 1 atom stereocenters. The number of rotatable bonds is 8. The Balaban J connectivity index is 1.96. The third kappa shape index (κ3) is 5.86. The molecule has 0 aliphatic carbocycles. The number of ether oxygens (including phenoxy) is 2. The van der Waals surface area contributed by atoms with Crippen molar-refractivity contribution in [2.45, 2.75) is 19.5 Å². The molecule has 0 bridgehead atoms. The van der Waals surface area contributed by atoms with Gasteiger partial charge >= 0.3 is 0 Å². The molecule has 2 amide bonds. The molecular weight excluding hydrogens is 505 g/mol. The molecular formula is C22H25Cl2N3O6S. The van der Waals surface area contributed by atoms with Gasteiger partial charge in [0.05, 0.1) is 11.9 Å². The summed E-state index contributed by atoms with van der Waals surface area (Å²) >= 11 is 12.6. The first-order valence-corrected chi connectivity index (χ1v) is 12.9. The van der Waals surface area contributed by atoms with Crippen molar-refractivity contribution in [1.82, 2.24) is 10.2 Å². The monoisotopic (exact) mass is 529 g/mol. The average Bonchev–Trinajstić information content (AvgIpc) is 2.80. The Morgan fingerprint density at radius 3 is 2.29 bits per heavy atom. The second-order valence-corrected chi connectivity index (χ2v) is 10.3. The molecule has 0 fully saturated rings. The van der Waals surface area contributed by atoms with Crippen molar-refractivity contribution < 1.29 is 27.5 Å². The minimum atomic E-state index is -3.88. The lowest BCUT2D eigenvalue weighted by atomic mass is 10.1. The van der Waals surface area contributed by atoms with Gasteiger partial charge in [-0.25, -0.2) is 8.42 Å². The Morgan fingerprint density at radius 1 is 1.09 bits per heavy atom. The van der Waals surface area contributed by atoms with Crippen LogP contribution in [-0.2, 0) is 26.2 Å². The van der Waals surface area contributed by atoms with Crippen LogP contribution in [-0.4, -0.2) is 64.2 Å². The van der Waals surface area contributed by atoms with Crippen LogP contribution in [0, 0.1) is 0 Å². The highest BCUT2D eigenvalue weighted by Crippen LogP contribution is 2.35. The highest BCUT2D eigenvalue weighted by Gasteiger charge is 2.31. The van der Waals surface area contributed by atoms with E-state index in [4.69, 9.17) is 32.7 Å². The number of hydrogen-bond acceptors (Lipinski definition) is 6. The highest BCUT2D eigenvalue weighted by atomic mass is 35.5. The van der Waals surface area contributed by atoms with Gasteiger partial charge in [-0.05, 0) is 31.2 Å². The van der Waals surface area contributed by atoms with Crippen molar-refractivity contribution in [2.24, 2.45) is 0 Å². The van der Waals surface area contributed by atoms with Crippen LogP contribution in [0.1, 0.15) is 12.5 Å². The van der Waals surface area contributed by atoms with Gasteiger partial charge in [-0.3, -0.25) is 13.9 Å². The third-order valence-corrected chi connectivity index (χ3v) is 7.15. The zero-order valence-electron chi connectivity index (χ0n) is 18.9. The van der Waals surface area contributed by atoms with Crippen LogP contribution in [0.5, 0.6) is 11.5 Å². The van der Waals surface area contributed by atoms with Crippen molar-refractivity contribution in [3.8, 4) is 11.5 Å². The Morgan fingerprint density at radius 2 is 1.71 bits per heavy atom. The number of halogens is 2. The van der Waals surface area contributed by atoms with E-state index in [1.807, 2.05) is 0 Å². The van der Waals surface area contributed by atoms with Gasteiger partial charge in [-0.15, -0.1) is 0 Å². The van der Waals surface area contributed by atoms with E-state index in [1.54, 1.807) is 24.3 Å². The Labute approximate surface area is 208 Å². The van der Waals surface area contributed by atoms with Crippen molar-refractivity contribution in [1.29, 1.82) is 0 Å². The highest BCUT2D eigenvalue weighted by molar-refractivity contribution is 7.92. The number of sulfonamides is 1. The lowest BCUT2D eigenvalue weighted by Crippen LogP contribution is -2.50. The first-order chi connectivity index (χ1) is 16.0. The van der Waals surface area contributed by atoms with Crippen LogP contribution in [0.3, 0.4) is 0 Å². The summed E-state index contributed by atoms with van der Waals surface area (Å²) in [5, 5.41) is 3.14. The van der Waals surface area contributed by atoms with Crippen molar-refractivity contribution in [3.63, 3.8) is 0 Å². The molecule has 34 heavy (non-hydrogen) atoms. The average molecular weight is 530 g/mol. The molecule has 0 saturated carbocycles. The third-order valence-electron chi connectivity index (χ3n) is 5.30. The summed E-state index contributed by atoms with van der Waals surface area (Å²) < 4.78 is 37.3. The minimum absolute atomic E-state index is 0.0926. The number of benzene rings is 2. The maximum Gasteiger partial charge on any atom is 0.244 e. The molecule has 2 aromatic rings. The van der Waals surface area contributed by atoms with Gasteiger partial charge in [0, 0.05) is 35.3 Å². The van der Waals surface area contributed by atoms with Gasteiger partial charge in [0.25, 0.3) is 0 Å². The second kappa shape index (κ2) is 10.7. The quantitative estimate of drug-likeness (QED) is 0.563. The number of anilines is 1. The summed E-state index contributed by atoms with van der Waals surface area (Å²) in [4.78, 5) is 27.1. The lowest BCUT2D eigenvalue weighted by molar-refractivity contribution is -0.139. The van der Waals surface area contributed by atoms with E-state index >= 15 is 0 Å². The Bertz CT molecular complexity index is 1170. The van der Waals surface area contributed by atoms with Gasteiger partial charge in [-0.1, -0.05) is 29.3 Å². The number of carbonyl (C=O) groups excluding carboxylic acids is 2. The molecule has 3 rings (SSSR count). The zero-order chi connectivity index (χ0) is 25.0. The van der Waals surface area contributed by atoms with Crippen molar-refractivity contribution in [2.75, 3.05) is 37.4 Å². The van der Waals surface area contributed by atoms with Crippen LogP contribution in [0.25, 0.3) is 0 Å². The standard InChI is InChI=1S/C22H25Cl2N3O6S/c1-14(22(29)25-2)26(12-16-17(23)5-4-6-18(16)24)21(28)13-27(34(3,30)31)15-7-8-19-20(11-15)33-10-9-32-19/h4-8,11,14H,9-10,12-13H2,1-3H3,(H,25,29)/t14-/m0/s1. The Kier molecular flexibility index (Phi) is 8.17. The molecule has 2 aromatic carbocycles. The molecule has 0 radical (unpaired) electrons. The van der Waals surface area contributed by atoms with Crippen molar-refractivity contribution >= 4 is 50.7 Å². The maximum atomic E-state index is 13.4. The number of amides is 2. The van der Waals surface area contributed by atoms with E-state index in [0.717, 1.165) is 10.6 Å². The first kappa shape index (κ1) is 25.9. The molecule has 184 valence electrons. The molecule has 9 nitrogen and oxygen atoms in total. The van der Waals surface area contributed by atoms with Crippen LogP contribution >= 0.6 is 23.2 Å². The van der Waals surface area contributed by atoms with Crippen LogP contribution < -0.4 is 19.1 Å². The molecule has 1 heterocycles. The summed E-state index contributed by atoms with van der Waals surface area (Å²) in [6, 6.07) is 8.59. The fourth-order valence-electron chi connectivity index (χ4n) is 3.45. The van der Waals surface area contributed by atoms with Gasteiger partial charge in [0.15, 0.2) is 11.5 Å². The molecule has 0 spiro atoms. The molecule has 0 aromatic heterocycles. The largest absolute Gasteiger partial charge is 0.486 e. The summed E-state index contributed by atoms with van der Waals surface area (Å²) in [6.45, 7) is 1.60. The lowest BCUT2D eigenvalue weighted by Gasteiger charge is -2.32. The SMILES string of the molecule is CNC(=O)[C@H](C)N(Cc1c(Cl)cccc1Cl)C(=O)CN(c1ccc2c(c1)OCCO2)S(C)(=O)=O. The molecule has 1 aliphatic heterocycles. The second-order valence-electron chi connectivity index (χ2n) is 7.61. The van der Waals surface area contributed by atoms with Gasteiger partial charge in [0.2, 0.25) is 21.8 Å². The normalized spacial score (nSPS) is 13.7. The predicted octanol–water partition coefficient (Wildman–Crippen LogP) is 2.69. The van der Waals surface area contributed by atoms with Gasteiger partial charge < -0.3 is 19.7 Å². The fourth-order valence-corrected chi connectivity index (χ4v) is 4.80. The molecule has 1 N–H and O–H groups in total. The minimum Gasteiger partial charge on any atom is -0.486 e. The summed E-state index contributed by atoms with van der Waals surface area (Å²) in [6.07, 6.45) is 0.995. The molecule has 12 heteroatoms. The number of fused-ring (bicyclic) bond motifs is 1. The number of hydrogen-bond donors (Lipinski definition) is 1. The van der Waals surface area contributed by atoms with E-state index in [0.29, 0.717) is 40.3 Å². The Hall–Kier alpha value is -2.69. The molecule has 1 aliphatic rings. The van der Waals surface area contributed by atoms with E-state index < -0.39 is 34.4 Å². The van der Waals surface area contributed by atoms with Gasteiger partial charge in [0.1, 0.15) is 25.8 Å². The van der Waals surface area contributed by atoms with Gasteiger partial charge in [-0.2, -0.15) is 0 Å². The number of likely N-dealkylation sites (N-methyl/N-ethyl adjacent to an activating group) is 1. The summed E-state index contributed by atoms with van der Waals surface area (Å²) in [5.41, 5.74) is 0.670. The smallest absolute Gasteiger partial charge is 0.244 e. The zero-order valence-corrected chi connectivity index (χ0v) is 21.2. The predicted molar refractivity (Wildman–Crippen MR) is 130 cm³/mol. The first-order valence-electron chi connectivity index (χ1n) is 10.3. The number of carbonyl (C=O) groups is 2. The maximum absolute atomic E-state index is 13.4. The fraction of sp³-hybridized carbons (Fsp3) is 0.364. The number of nitrogens with zero attached hydrogens (tertiary/aromatic N) is 2. The van der Waals surface area contributed by atoms with E-state index in [9.17, 15) is 18.0 Å². The van der Waals surface area contributed by atoms with Crippen molar-refractivity contribution in [3.05, 3.63) is 52.0 Å². The van der Waals surface area contributed by atoms with Crippen LogP contribution in [0.2, 0.25) is 10.0 Å².